The zero-order valence-electron chi connectivity index (χ0n) is 11.2. The van der Waals surface area contributed by atoms with E-state index in [9.17, 15) is 5.11 Å². The summed E-state index contributed by atoms with van der Waals surface area (Å²) in [7, 11) is 0. The number of fused-ring (bicyclic) bond motifs is 3. The van der Waals surface area contributed by atoms with Crippen LogP contribution in [0.3, 0.4) is 0 Å². The molecule has 4 N–H and O–H groups in total. The summed E-state index contributed by atoms with van der Waals surface area (Å²) in [4.78, 5) is 8.80. The van der Waals surface area contributed by atoms with Crippen LogP contribution in [0, 0.1) is 0 Å². The summed E-state index contributed by atoms with van der Waals surface area (Å²) < 4.78 is 0. The first-order valence-electron chi connectivity index (χ1n) is 6.51. The predicted molar refractivity (Wildman–Crippen MR) is 81.6 cm³/mol. The number of nitrogens with zero attached hydrogens (tertiary/aromatic N) is 2. The van der Waals surface area contributed by atoms with Gasteiger partial charge in [-0.3, -0.25) is 9.97 Å². The van der Waals surface area contributed by atoms with Gasteiger partial charge in [0.1, 0.15) is 0 Å². The number of nitrogens with two attached hydrogens (primary N) is 1. The van der Waals surface area contributed by atoms with Crippen LogP contribution in [-0.2, 0) is 0 Å². The molecule has 1 unspecified atom stereocenters. The molecule has 0 aliphatic rings. The van der Waals surface area contributed by atoms with Crippen molar-refractivity contribution in [1.82, 2.24) is 9.97 Å². The highest BCUT2D eigenvalue weighted by molar-refractivity contribution is 6.16. The zero-order valence-corrected chi connectivity index (χ0v) is 11.2. The van der Waals surface area contributed by atoms with Crippen LogP contribution in [0.2, 0.25) is 0 Å². The van der Waals surface area contributed by atoms with E-state index in [1.165, 1.54) is 0 Å². The first kappa shape index (κ1) is 12.6. The lowest BCUT2D eigenvalue weighted by Crippen LogP contribution is -2.16. The van der Waals surface area contributed by atoms with Gasteiger partial charge in [0.05, 0.1) is 28.5 Å². The first-order chi connectivity index (χ1) is 9.68. The van der Waals surface area contributed by atoms with E-state index in [4.69, 9.17) is 5.73 Å². The fourth-order valence-electron chi connectivity index (χ4n) is 2.33. The normalized spacial score (nSPS) is 12.7. The summed E-state index contributed by atoms with van der Waals surface area (Å²) in [5, 5.41) is 14.4. The van der Waals surface area contributed by atoms with Gasteiger partial charge in [-0.05, 0) is 31.2 Å². The number of benzene rings is 1. The number of anilines is 2. The van der Waals surface area contributed by atoms with E-state index in [0.29, 0.717) is 12.2 Å². The molecule has 0 amide bonds. The number of pyridine rings is 2. The molecule has 0 radical (unpaired) electrons. The second-order valence-corrected chi connectivity index (χ2v) is 4.82. The minimum absolute atomic E-state index is 0.431. The quantitative estimate of drug-likeness (QED) is 0.385. The molecule has 0 saturated heterocycles. The monoisotopic (exact) mass is 268 g/mol. The molecule has 0 bridgehead atoms. The van der Waals surface area contributed by atoms with Gasteiger partial charge in [0.25, 0.3) is 0 Å². The molecule has 3 rings (SSSR count). The van der Waals surface area contributed by atoms with Crippen molar-refractivity contribution in [3.63, 3.8) is 0 Å². The van der Waals surface area contributed by atoms with Crippen LogP contribution in [0.15, 0.2) is 36.7 Å². The SMILES string of the molecule is CC(O)CNc1c(N)c2cccnc2c2ncccc12. The van der Waals surface area contributed by atoms with Gasteiger partial charge < -0.3 is 16.2 Å². The predicted octanol–water partition coefficient (Wildman–Crippen LogP) is 2.16. The van der Waals surface area contributed by atoms with E-state index >= 15 is 0 Å². The van der Waals surface area contributed by atoms with E-state index in [0.717, 1.165) is 27.5 Å². The van der Waals surface area contributed by atoms with Crippen LogP contribution in [0.5, 0.6) is 0 Å². The molecule has 1 atom stereocenters. The van der Waals surface area contributed by atoms with Crippen LogP contribution >= 0.6 is 0 Å². The number of nitrogens with one attached hydrogen (secondary N) is 1. The van der Waals surface area contributed by atoms with Gasteiger partial charge in [-0.1, -0.05) is 0 Å². The number of aliphatic hydroxyl groups is 1. The number of nitrogen functional groups attached to an aromatic ring is 1. The largest absolute Gasteiger partial charge is 0.396 e. The van der Waals surface area contributed by atoms with E-state index in [-0.39, 0.29) is 0 Å². The molecular formula is C15H16N4O. The molecule has 3 aromatic rings. The Bertz CT molecular complexity index is 770. The van der Waals surface area contributed by atoms with Crippen LogP contribution in [0.25, 0.3) is 21.8 Å². The maximum absolute atomic E-state index is 9.46. The molecule has 0 aliphatic heterocycles. The van der Waals surface area contributed by atoms with Crippen molar-refractivity contribution in [1.29, 1.82) is 0 Å². The van der Waals surface area contributed by atoms with Crippen LogP contribution < -0.4 is 11.1 Å². The van der Waals surface area contributed by atoms with Gasteiger partial charge in [0.2, 0.25) is 0 Å². The minimum Gasteiger partial charge on any atom is -0.396 e. The fourth-order valence-corrected chi connectivity index (χ4v) is 2.33. The minimum atomic E-state index is -0.453. The van der Waals surface area contributed by atoms with Crippen molar-refractivity contribution in [3.05, 3.63) is 36.7 Å². The molecule has 2 heterocycles. The maximum Gasteiger partial charge on any atom is 0.0986 e. The van der Waals surface area contributed by atoms with Crippen molar-refractivity contribution in [2.75, 3.05) is 17.6 Å². The van der Waals surface area contributed by atoms with Crippen LogP contribution in [0.1, 0.15) is 6.92 Å². The molecule has 0 saturated carbocycles. The summed E-state index contributed by atoms with van der Waals surface area (Å²) >= 11 is 0. The Morgan fingerprint density at radius 3 is 2.40 bits per heavy atom. The second-order valence-electron chi connectivity index (χ2n) is 4.82. The zero-order chi connectivity index (χ0) is 14.1. The molecule has 5 nitrogen and oxygen atoms in total. The van der Waals surface area contributed by atoms with Gasteiger partial charge in [0, 0.05) is 29.7 Å². The van der Waals surface area contributed by atoms with Crippen molar-refractivity contribution >= 4 is 33.2 Å². The molecule has 1 aromatic carbocycles. The number of aliphatic hydroxyl groups excluding tert-OH is 1. The highest BCUT2D eigenvalue weighted by atomic mass is 16.3. The number of rotatable bonds is 3. The van der Waals surface area contributed by atoms with Gasteiger partial charge in [-0.2, -0.15) is 0 Å². The van der Waals surface area contributed by atoms with Gasteiger partial charge in [-0.15, -0.1) is 0 Å². The van der Waals surface area contributed by atoms with Crippen molar-refractivity contribution in [2.45, 2.75) is 13.0 Å². The second kappa shape index (κ2) is 4.94. The van der Waals surface area contributed by atoms with E-state index in [2.05, 4.69) is 15.3 Å². The van der Waals surface area contributed by atoms with E-state index in [1.807, 2.05) is 24.3 Å². The number of hydrogen-bond donors (Lipinski definition) is 3. The standard InChI is InChI=1S/C15H16N4O/c1-9(20)8-19-13-11-5-3-7-18-15(11)14-10(12(13)16)4-2-6-17-14/h2-7,9,19-20H,8,16H2,1H3. The number of aromatic nitrogens is 2. The fraction of sp³-hybridized carbons (Fsp3) is 0.200. The summed E-state index contributed by atoms with van der Waals surface area (Å²) in [6.45, 7) is 2.16. The Labute approximate surface area is 116 Å². The van der Waals surface area contributed by atoms with Gasteiger partial charge >= 0.3 is 0 Å². The molecule has 102 valence electrons. The van der Waals surface area contributed by atoms with E-state index < -0.39 is 6.10 Å². The highest BCUT2D eigenvalue weighted by Gasteiger charge is 2.13. The summed E-state index contributed by atoms with van der Waals surface area (Å²) in [5.41, 5.74) is 9.30. The third kappa shape index (κ3) is 2.02. The van der Waals surface area contributed by atoms with Crippen molar-refractivity contribution in [2.24, 2.45) is 0 Å². The van der Waals surface area contributed by atoms with E-state index in [1.54, 1.807) is 19.3 Å². The molecular weight excluding hydrogens is 252 g/mol. The molecule has 2 aromatic heterocycles. The third-order valence-corrected chi connectivity index (χ3v) is 3.24. The Hall–Kier alpha value is -2.40. The summed E-state index contributed by atoms with van der Waals surface area (Å²) in [6.07, 6.45) is 3.02. The molecule has 0 spiro atoms. The Morgan fingerprint density at radius 2 is 1.75 bits per heavy atom. The summed E-state index contributed by atoms with van der Waals surface area (Å²) in [6, 6.07) is 7.60. The first-order valence-corrected chi connectivity index (χ1v) is 6.51. The molecule has 5 heteroatoms. The van der Waals surface area contributed by atoms with Crippen LogP contribution in [0.4, 0.5) is 11.4 Å². The highest BCUT2D eigenvalue weighted by Crippen LogP contribution is 2.36. The molecule has 0 aliphatic carbocycles. The lowest BCUT2D eigenvalue weighted by Gasteiger charge is -2.15. The summed E-state index contributed by atoms with van der Waals surface area (Å²) in [5.74, 6) is 0. The third-order valence-electron chi connectivity index (χ3n) is 3.24. The van der Waals surface area contributed by atoms with Gasteiger partial charge in [-0.25, -0.2) is 0 Å². The average Bonchev–Trinajstić information content (AvgIpc) is 2.47. The maximum atomic E-state index is 9.46. The molecule has 0 fully saturated rings. The van der Waals surface area contributed by atoms with Crippen LogP contribution in [-0.4, -0.2) is 27.7 Å². The average molecular weight is 268 g/mol. The van der Waals surface area contributed by atoms with Crippen molar-refractivity contribution < 1.29 is 5.11 Å². The smallest absolute Gasteiger partial charge is 0.0986 e. The Morgan fingerprint density at radius 1 is 1.15 bits per heavy atom. The molecule has 20 heavy (non-hydrogen) atoms. The van der Waals surface area contributed by atoms with Gasteiger partial charge in [0.15, 0.2) is 0 Å². The van der Waals surface area contributed by atoms with Crippen molar-refractivity contribution in [3.8, 4) is 0 Å². The lowest BCUT2D eigenvalue weighted by atomic mass is 10.1. The Kier molecular flexibility index (Phi) is 3.12. The number of hydrogen-bond acceptors (Lipinski definition) is 5. The topological polar surface area (TPSA) is 84.1 Å². The lowest BCUT2D eigenvalue weighted by molar-refractivity contribution is 0.208. The Balaban J connectivity index is 2.32.